The van der Waals surface area contributed by atoms with Crippen molar-refractivity contribution in [3.8, 4) is 0 Å². The third-order valence-corrected chi connectivity index (χ3v) is 4.24. The maximum absolute atomic E-state index is 11.9. The molecule has 1 fully saturated rings. The number of hydrogen-bond donors (Lipinski definition) is 2. The van der Waals surface area contributed by atoms with Gasteiger partial charge in [0, 0.05) is 51.7 Å². The van der Waals surface area contributed by atoms with Crippen molar-refractivity contribution in [3.05, 3.63) is 18.7 Å². The van der Waals surface area contributed by atoms with Gasteiger partial charge in [-0.1, -0.05) is 0 Å². The lowest BCUT2D eigenvalue weighted by atomic mass is 10.4. The van der Waals surface area contributed by atoms with Crippen molar-refractivity contribution in [1.82, 2.24) is 23.9 Å². The van der Waals surface area contributed by atoms with Crippen LogP contribution in [0.15, 0.2) is 18.7 Å². The second-order valence-corrected chi connectivity index (χ2v) is 5.60. The Morgan fingerprint density at radius 1 is 1.35 bits per heavy atom. The Balaban J connectivity index is 1.80. The number of hydrogen-bond acceptors (Lipinski definition) is 4. The van der Waals surface area contributed by atoms with Gasteiger partial charge in [0.2, 0.25) is 0 Å². The molecule has 2 rings (SSSR count). The highest BCUT2D eigenvalue weighted by atomic mass is 32.2. The molecule has 1 saturated heterocycles. The number of piperazine rings is 1. The average Bonchev–Trinajstić information content (AvgIpc) is 2.83. The minimum Gasteiger partial charge on any atom is -0.336 e. The molecule has 0 amide bonds. The maximum Gasteiger partial charge on any atom is 0.279 e. The predicted molar refractivity (Wildman–Crippen MR) is 63.6 cm³/mol. The van der Waals surface area contributed by atoms with Crippen molar-refractivity contribution in [2.75, 3.05) is 32.7 Å². The summed E-state index contributed by atoms with van der Waals surface area (Å²) < 4.78 is 29.6. The third kappa shape index (κ3) is 3.50. The molecule has 1 aromatic rings. The Hall–Kier alpha value is -0.960. The minimum atomic E-state index is -3.33. The van der Waals surface area contributed by atoms with Gasteiger partial charge >= 0.3 is 0 Å². The van der Waals surface area contributed by atoms with Gasteiger partial charge in [-0.3, -0.25) is 0 Å². The summed E-state index contributed by atoms with van der Waals surface area (Å²) in [5.74, 6) is 0. The lowest BCUT2D eigenvalue weighted by Crippen LogP contribution is -2.50. The number of aromatic nitrogens is 2. The Kier molecular flexibility index (Phi) is 4.11. The van der Waals surface area contributed by atoms with E-state index in [1.54, 1.807) is 18.7 Å². The monoisotopic (exact) mass is 259 g/mol. The maximum atomic E-state index is 11.9. The van der Waals surface area contributed by atoms with E-state index in [2.05, 4.69) is 15.0 Å². The zero-order chi connectivity index (χ0) is 12.1. The van der Waals surface area contributed by atoms with Crippen LogP contribution in [0.4, 0.5) is 0 Å². The highest BCUT2D eigenvalue weighted by molar-refractivity contribution is 7.87. The first-order chi connectivity index (χ1) is 8.18. The van der Waals surface area contributed by atoms with Gasteiger partial charge in [0.25, 0.3) is 10.2 Å². The van der Waals surface area contributed by atoms with Crippen LogP contribution in [-0.2, 0) is 16.8 Å². The van der Waals surface area contributed by atoms with Crippen LogP contribution in [0.5, 0.6) is 0 Å². The summed E-state index contributed by atoms with van der Waals surface area (Å²) in [5.41, 5.74) is 0. The molecule has 96 valence electrons. The molecule has 0 radical (unpaired) electrons. The van der Waals surface area contributed by atoms with Crippen molar-refractivity contribution >= 4 is 10.2 Å². The summed E-state index contributed by atoms with van der Waals surface area (Å²) in [7, 11) is -3.33. The van der Waals surface area contributed by atoms with Crippen LogP contribution >= 0.6 is 0 Å². The highest BCUT2D eigenvalue weighted by Crippen LogP contribution is 1.99. The van der Waals surface area contributed by atoms with E-state index in [0.717, 1.165) is 0 Å². The summed E-state index contributed by atoms with van der Waals surface area (Å²) in [6.07, 6.45) is 5.14. The first-order valence-electron chi connectivity index (χ1n) is 5.60. The fraction of sp³-hybridized carbons (Fsp3) is 0.667. The molecule has 1 aliphatic rings. The number of nitrogens with zero attached hydrogens (tertiary/aromatic N) is 3. The Bertz CT molecular complexity index is 424. The van der Waals surface area contributed by atoms with E-state index in [1.807, 2.05) is 4.57 Å². The van der Waals surface area contributed by atoms with Crippen molar-refractivity contribution in [2.45, 2.75) is 6.54 Å². The molecule has 0 atom stereocenters. The third-order valence-electron chi connectivity index (χ3n) is 2.63. The molecule has 0 unspecified atom stereocenters. The molecule has 2 N–H and O–H groups in total. The smallest absolute Gasteiger partial charge is 0.279 e. The molecule has 0 bridgehead atoms. The van der Waals surface area contributed by atoms with Gasteiger partial charge < -0.3 is 9.88 Å². The molecule has 1 aromatic heterocycles. The van der Waals surface area contributed by atoms with Crippen molar-refractivity contribution < 1.29 is 8.42 Å². The van der Waals surface area contributed by atoms with E-state index in [0.29, 0.717) is 39.3 Å². The average molecular weight is 259 g/mol. The molecule has 8 heteroatoms. The van der Waals surface area contributed by atoms with E-state index in [4.69, 9.17) is 0 Å². The molecule has 17 heavy (non-hydrogen) atoms. The van der Waals surface area contributed by atoms with E-state index in [-0.39, 0.29) is 0 Å². The van der Waals surface area contributed by atoms with Crippen LogP contribution in [0.3, 0.4) is 0 Å². The molecule has 2 heterocycles. The Morgan fingerprint density at radius 2 is 2.12 bits per heavy atom. The lowest BCUT2D eigenvalue weighted by Gasteiger charge is -2.26. The van der Waals surface area contributed by atoms with Gasteiger partial charge in [0.15, 0.2) is 0 Å². The Morgan fingerprint density at radius 3 is 2.76 bits per heavy atom. The number of rotatable bonds is 5. The molecular formula is C9H17N5O2S. The zero-order valence-electron chi connectivity index (χ0n) is 9.54. The summed E-state index contributed by atoms with van der Waals surface area (Å²) in [5, 5.41) is 3.12. The van der Waals surface area contributed by atoms with Gasteiger partial charge in [0.05, 0.1) is 6.33 Å². The second-order valence-electron chi connectivity index (χ2n) is 3.85. The van der Waals surface area contributed by atoms with Gasteiger partial charge in [-0.25, -0.2) is 9.71 Å². The van der Waals surface area contributed by atoms with Crippen molar-refractivity contribution in [3.63, 3.8) is 0 Å². The van der Waals surface area contributed by atoms with E-state index >= 15 is 0 Å². The topological polar surface area (TPSA) is 79.3 Å². The fourth-order valence-electron chi connectivity index (χ4n) is 1.70. The molecule has 0 aliphatic carbocycles. The van der Waals surface area contributed by atoms with E-state index in [1.165, 1.54) is 4.31 Å². The SMILES string of the molecule is O=S(=O)(NCCn1ccnc1)N1CCNCC1. The molecule has 0 aromatic carbocycles. The minimum absolute atomic E-state index is 0.378. The van der Waals surface area contributed by atoms with Gasteiger partial charge in [0.1, 0.15) is 0 Å². The van der Waals surface area contributed by atoms with Crippen LogP contribution in [-0.4, -0.2) is 55.0 Å². The molecule has 0 saturated carbocycles. The standard InChI is InChI=1S/C9H17N5O2S/c15-17(16,14-7-2-10-3-8-14)12-4-6-13-5-1-11-9-13/h1,5,9-10,12H,2-4,6-8H2. The van der Waals surface area contributed by atoms with Crippen LogP contribution in [0, 0.1) is 0 Å². The number of imidazole rings is 1. The lowest BCUT2D eigenvalue weighted by molar-refractivity contribution is 0.354. The van der Waals surface area contributed by atoms with Crippen LogP contribution in [0.25, 0.3) is 0 Å². The number of nitrogens with one attached hydrogen (secondary N) is 2. The van der Waals surface area contributed by atoms with Crippen LogP contribution < -0.4 is 10.0 Å². The largest absolute Gasteiger partial charge is 0.336 e. The van der Waals surface area contributed by atoms with Gasteiger partial charge in [-0.15, -0.1) is 0 Å². The summed E-state index contributed by atoms with van der Waals surface area (Å²) in [6, 6.07) is 0. The fourth-order valence-corrected chi connectivity index (χ4v) is 2.89. The molecular weight excluding hydrogens is 242 g/mol. The first-order valence-corrected chi connectivity index (χ1v) is 7.04. The highest BCUT2D eigenvalue weighted by Gasteiger charge is 2.22. The first kappa shape index (κ1) is 12.5. The van der Waals surface area contributed by atoms with Crippen molar-refractivity contribution in [1.29, 1.82) is 0 Å². The van der Waals surface area contributed by atoms with Gasteiger partial charge in [-0.2, -0.15) is 12.7 Å². The molecule has 1 aliphatic heterocycles. The normalized spacial score (nSPS) is 18.4. The van der Waals surface area contributed by atoms with Crippen LogP contribution in [0.1, 0.15) is 0 Å². The summed E-state index contributed by atoms with van der Waals surface area (Å²) in [6.45, 7) is 3.44. The van der Waals surface area contributed by atoms with E-state index < -0.39 is 10.2 Å². The van der Waals surface area contributed by atoms with Crippen LogP contribution in [0.2, 0.25) is 0 Å². The summed E-state index contributed by atoms with van der Waals surface area (Å²) >= 11 is 0. The zero-order valence-corrected chi connectivity index (χ0v) is 10.4. The molecule has 7 nitrogen and oxygen atoms in total. The second kappa shape index (κ2) is 5.58. The molecule has 0 spiro atoms. The Labute approximate surface area is 101 Å². The quantitative estimate of drug-likeness (QED) is 0.683. The van der Waals surface area contributed by atoms with E-state index in [9.17, 15) is 8.42 Å². The predicted octanol–water partition coefficient (Wildman–Crippen LogP) is -1.38. The van der Waals surface area contributed by atoms with Gasteiger partial charge in [-0.05, 0) is 0 Å². The van der Waals surface area contributed by atoms with Crippen molar-refractivity contribution in [2.24, 2.45) is 0 Å². The summed E-state index contributed by atoms with van der Waals surface area (Å²) in [4.78, 5) is 3.89.